The Kier molecular flexibility index (Phi) is 7.67. The van der Waals surface area contributed by atoms with Crippen LogP contribution < -0.4 is 23.7 Å². The highest BCUT2D eigenvalue weighted by atomic mass is 79.9. The number of carbonyl (C=O) groups is 2. The molecular weight excluding hydrogens is 444 g/mol. The lowest BCUT2D eigenvalue weighted by molar-refractivity contribution is -0.131. The Morgan fingerprint density at radius 3 is 1.97 bits per heavy atom. The van der Waals surface area contributed by atoms with E-state index in [0.29, 0.717) is 22.8 Å². The van der Waals surface area contributed by atoms with Gasteiger partial charge < -0.3 is 23.7 Å². The number of halogens is 1. The second kappa shape index (κ2) is 9.97. The van der Waals surface area contributed by atoms with Crippen LogP contribution in [0.4, 0.5) is 0 Å². The van der Waals surface area contributed by atoms with Crippen molar-refractivity contribution in [3.63, 3.8) is 0 Å². The third-order valence-corrected chi connectivity index (χ3v) is 4.50. The fourth-order valence-electron chi connectivity index (χ4n) is 2.56. The maximum Gasteiger partial charge on any atom is 0.308 e. The number of methoxy groups -OCH3 is 4. The standard InChI is InChI=1S/C21H21BrO7/c1-12(23)29-19-11-15(26-3)10-18(28-5)20(19)21(24)16(22)8-13-6-7-14(25-2)9-17(13)27-4/h6-11H,1-5H3/b16-8-. The lowest BCUT2D eigenvalue weighted by atomic mass is 10.1. The van der Waals surface area contributed by atoms with Crippen molar-refractivity contribution in [3.05, 3.63) is 45.9 Å². The second-order valence-electron chi connectivity index (χ2n) is 5.73. The van der Waals surface area contributed by atoms with Crippen LogP contribution in [-0.4, -0.2) is 40.2 Å². The highest BCUT2D eigenvalue weighted by molar-refractivity contribution is 9.12. The fraction of sp³-hybridized carbons (Fsp3) is 0.238. The number of ether oxygens (including phenoxy) is 5. The molecule has 0 atom stereocenters. The van der Waals surface area contributed by atoms with Crippen molar-refractivity contribution in [2.45, 2.75) is 6.92 Å². The molecule has 0 unspecified atom stereocenters. The summed E-state index contributed by atoms with van der Waals surface area (Å²) in [6.07, 6.45) is 1.60. The first-order valence-electron chi connectivity index (χ1n) is 8.43. The molecular formula is C21H21BrO7. The summed E-state index contributed by atoms with van der Waals surface area (Å²) in [4.78, 5) is 24.7. The molecule has 0 aromatic heterocycles. The third kappa shape index (κ3) is 5.29. The first-order valence-corrected chi connectivity index (χ1v) is 9.22. The number of rotatable bonds is 8. The number of hydrogen-bond acceptors (Lipinski definition) is 7. The number of carbonyl (C=O) groups excluding carboxylic acids is 2. The van der Waals surface area contributed by atoms with Crippen molar-refractivity contribution in [2.24, 2.45) is 0 Å². The second-order valence-corrected chi connectivity index (χ2v) is 6.58. The first kappa shape index (κ1) is 22.3. The maximum absolute atomic E-state index is 13.2. The van der Waals surface area contributed by atoms with Crippen LogP contribution >= 0.6 is 15.9 Å². The van der Waals surface area contributed by atoms with Gasteiger partial charge >= 0.3 is 5.97 Å². The van der Waals surface area contributed by atoms with Crippen LogP contribution in [0.15, 0.2) is 34.8 Å². The van der Waals surface area contributed by atoms with E-state index in [1.807, 2.05) is 0 Å². The zero-order valence-electron chi connectivity index (χ0n) is 16.7. The number of allylic oxidation sites excluding steroid dienone is 1. The van der Waals surface area contributed by atoms with Crippen molar-refractivity contribution < 1.29 is 33.3 Å². The van der Waals surface area contributed by atoms with Gasteiger partial charge in [-0.3, -0.25) is 9.59 Å². The van der Waals surface area contributed by atoms with Crippen molar-refractivity contribution in [3.8, 4) is 28.7 Å². The lowest BCUT2D eigenvalue weighted by Gasteiger charge is -2.14. The maximum atomic E-state index is 13.2. The van der Waals surface area contributed by atoms with Crippen molar-refractivity contribution in [2.75, 3.05) is 28.4 Å². The van der Waals surface area contributed by atoms with Gasteiger partial charge in [0.05, 0.1) is 32.9 Å². The molecule has 7 nitrogen and oxygen atoms in total. The molecule has 0 saturated carbocycles. The largest absolute Gasteiger partial charge is 0.497 e. The number of ketones is 1. The highest BCUT2D eigenvalue weighted by Gasteiger charge is 2.24. The predicted molar refractivity (Wildman–Crippen MR) is 112 cm³/mol. The Bertz CT molecular complexity index is 950. The minimum atomic E-state index is -0.578. The summed E-state index contributed by atoms with van der Waals surface area (Å²) in [6, 6.07) is 8.19. The molecule has 29 heavy (non-hydrogen) atoms. The van der Waals surface area contributed by atoms with E-state index in [1.54, 1.807) is 31.4 Å². The molecule has 2 aromatic carbocycles. The normalized spacial score (nSPS) is 10.9. The van der Waals surface area contributed by atoms with Gasteiger partial charge in [-0.25, -0.2) is 0 Å². The molecule has 0 aliphatic heterocycles. The summed E-state index contributed by atoms with van der Waals surface area (Å²) in [6.45, 7) is 1.24. The van der Waals surface area contributed by atoms with Crippen LogP contribution in [-0.2, 0) is 4.79 Å². The molecule has 0 heterocycles. The molecule has 0 aliphatic carbocycles. The van der Waals surface area contributed by atoms with Gasteiger partial charge in [-0.05, 0) is 34.1 Å². The Labute approximate surface area is 177 Å². The van der Waals surface area contributed by atoms with Crippen LogP contribution in [0.2, 0.25) is 0 Å². The summed E-state index contributed by atoms with van der Waals surface area (Å²) >= 11 is 3.31. The first-order chi connectivity index (χ1) is 13.8. The molecule has 8 heteroatoms. The van der Waals surface area contributed by atoms with E-state index in [4.69, 9.17) is 23.7 Å². The van der Waals surface area contributed by atoms with E-state index in [9.17, 15) is 9.59 Å². The number of benzene rings is 2. The van der Waals surface area contributed by atoms with Crippen molar-refractivity contribution in [1.82, 2.24) is 0 Å². The smallest absolute Gasteiger partial charge is 0.308 e. The van der Waals surface area contributed by atoms with E-state index in [0.717, 1.165) is 0 Å². The number of esters is 1. The minimum absolute atomic E-state index is 0.0331. The van der Waals surface area contributed by atoms with Crippen molar-refractivity contribution in [1.29, 1.82) is 0 Å². The molecule has 0 aliphatic rings. The van der Waals surface area contributed by atoms with Crippen molar-refractivity contribution >= 4 is 33.8 Å². The SMILES string of the molecule is COc1ccc(/C=C(\Br)C(=O)c2c(OC)cc(OC)cc2OC(C)=O)c(OC)c1. The van der Waals surface area contributed by atoms with Gasteiger partial charge in [-0.2, -0.15) is 0 Å². The van der Waals surface area contributed by atoms with Gasteiger partial charge in [0.2, 0.25) is 5.78 Å². The molecule has 0 bridgehead atoms. The third-order valence-electron chi connectivity index (χ3n) is 3.92. The quantitative estimate of drug-likeness (QED) is 0.249. The van der Waals surface area contributed by atoms with Gasteiger partial charge in [0.25, 0.3) is 0 Å². The molecule has 154 valence electrons. The van der Waals surface area contributed by atoms with Crippen LogP contribution in [0.1, 0.15) is 22.8 Å². The average molecular weight is 465 g/mol. The number of Topliss-reactive ketones (excluding diaryl/α,β-unsaturated/α-hetero) is 1. The van der Waals surface area contributed by atoms with Gasteiger partial charge in [0.15, 0.2) is 0 Å². The predicted octanol–water partition coefficient (Wildman–Crippen LogP) is 4.27. The summed E-state index contributed by atoms with van der Waals surface area (Å²) in [7, 11) is 5.94. The van der Waals surface area contributed by atoms with Crippen LogP contribution in [0.3, 0.4) is 0 Å². The van der Waals surface area contributed by atoms with Crippen LogP contribution in [0.5, 0.6) is 28.7 Å². The average Bonchev–Trinajstić information content (AvgIpc) is 2.72. The van der Waals surface area contributed by atoms with E-state index < -0.39 is 11.8 Å². The molecule has 0 N–H and O–H groups in total. The Hall–Kier alpha value is -3.00. The van der Waals surface area contributed by atoms with Gasteiger partial charge in [0.1, 0.15) is 34.3 Å². The van der Waals surface area contributed by atoms with Crippen LogP contribution in [0.25, 0.3) is 6.08 Å². The zero-order valence-corrected chi connectivity index (χ0v) is 18.3. The van der Waals surface area contributed by atoms with E-state index in [1.165, 1.54) is 40.4 Å². The lowest BCUT2D eigenvalue weighted by Crippen LogP contribution is -2.10. The Balaban J connectivity index is 2.55. The molecule has 0 fully saturated rings. The molecule has 2 rings (SSSR count). The zero-order chi connectivity index (χ0) is 21.6. The van der Waals surface area contributed by atoms with E-state index in [2.05, 4.69) is 15.9 Å². The van der Waals surface area contributed by atoms with Gasteiger partial charge in [-0.15, -0.1) is 0 Å². The Morgan fingerprint density at radius 2 is 1.41 bits per heavy atom. The molecule has 2 aromatic rings. The number of hydrogen-bond donors (Lipinski definition) is 0. The van der Waals surface area contributed by atoms with Crippen LogP contribution in [0, 0.1) is 0 Å². The Morgan fingerprint density at radius 1 is 0.828 bits per heavy atom. The monoisotopic (exact) mass is 464 g/mol. The fourth-order valence-corrected chi connectivity index (χ4v) is 3.01. The molecule has 0 spiro atoms. The molecule has 0 radical (unpaired) electrons. The van der Waals surface area contributed by atoms with E-state index >= 15 is 0 Å². The topological polar surface area (TPSA) is 80.3 Å². The molecule has 0 amide bonds. The summed E-state index contributed by atoms with van der Waals surface area (Å²) < 4.78 is 26.5. The van der Waals surface area contributed by atoms with Gasteiger partial charge in [-0.1, -0.05) is 0 Å². The summed E-state index contributed by atoms with van der Waals surface area (Å²) in [5, 5.41) is 0. The highest BCUT2D eigenvalue weighted by Crippen LogP contribution is 2.37. The summed E-state index contributed by atoms with van der Waals surface area (Å²) in [5.74, 6) is 0.742. The molecule has 0 saturated heterocycles. The minimum Gasteiger partial charge on any atom is -0.497 e. The van der Waals surface area contributed by atoms with Gasteiger partial charge in [0, 0.05) is 30.7 Å². The van der Waals surface area contributed by atoms with E-state index in [-0.39, 0.29) is 21.5 Å². The summed E-state index contributed by atoms with van der Waals surface area (Å²) in [5.41, 5.74) is 0.731.